The molecular weight excluding hydrogens is 815 g/mol. The smallest absolute Gasteiger partial charge is 0.404 e. The normalized spacial score (nSPS) is 19.7. The Balaban J connectivity index is 1.50. The molecule has 0 radical (unpaired) electrons. The second-order valence-electron chi connectivity index (χ2n) is 15.4. The molecule has 1 aliphatic heterocycles. The largest absolute Gasteiger partial charge is 0.524 e. The van der Waals surface area contributed by atoms with Gasteiger partial charge in [0.2, 0.25) is 35.4 Å². The van der Waals surface area contributed by atoms with Crippen LogP contribution in [0.2, 0.25) is 0 Å². The van der Waals surface area contributed by atoms with Gasteiger partial charge in [-0.1, -0.05) is 61.5 Å². The summed E-state index contributed by atoms with van der Waals surface area (Å²) in [6.07, 6.45) is 1.10. The van der Waals surface area contributed by atoms with E-state index in [1.807, 2.05) is 13.8 Å². The van der Waals surface area contributed by atoms with Gasteiger partial charge in [0, 0.05) is 25.6 Å². The van der Waals surface area contributed by atoms with Gasteiger partial charge in [0.15, 0.2) is 0 Å². The van der Waals surface area contributed by atoms with E-state index < -0.39 is 85.6 Å². The number of aromatic nitrogens is 3. The number of hydrogen-bond donors (Lipinski definition) is 10. The highest BCUT2D eigenvalue weighted by atomic mass is 31.2. The predicted molar refractivity (Wildman–Crippen MR) is 219 cm³/mol. The minimum Gasteiger partial charge on any atom is -0.404 e. The molecule has 1 unspecified atom stereocenters. The van der Waals surface area contributed by atoms with Crippen LogP contribution in [0.3, 0.4) is 0 Å². The first-order valence-electron chi connectivity index (χ1n) is 19.8. The summed E-state index contributed by atoms with van der Waals surface area (Å²) in [7, 11) is -4.77. The number of aliphatic hydroxyl groups excluding tert-OH is 1. The lowest BCUT2D eigenvalue weighted by Gasteiger charge is -2.28. The molecule has 6 amide bonds. The number of amides is 6. The third-order valence-corrected chi connectivity index (χ3v) is 10.1. The monoisotopic (exact) mass is 870 g/mol. The number of hydrogen-bond acceptors (Lipinski definition) is 12. The molecular formula is C39H55N10O11P. The van der Waals surface area contributed by atoms with Crippen molar-refractivity contribution >= 4 is 43.3 Å². The van der Waals surface area contributed by atoms with Gasteiger partial charge in [-0.05, 0) is 68.2 Å². The number of aliphatic hydroxyl groups is 1. The highest BCUT2D eigenvalue weighted by Crippen LogP contribution is 2.37. The molecule has 1 aromatic heterocycles. The molecule has 0 saturated carbocycles. The van der Waals surface area contributed by atoms with E-state index in [9.17, 15) is 38.4 Å². The molecule has 0 spiro atoms. The van der Waals surface area contributed by atoms with Crippen LogP contribution in [-0.2, 0) is 59.1 Å². The van der Waals surface area contributed by atoms with Crippen LogP contribution in [0.5, 0.6) is 5.75 Å². The van der Waals surface area contributed by atoms with Gasteiger partial charge in [-0.25, -0.2) is 4.57 Å². The number of fused-ring (bicyclic) bond motifs is 2. The number of rotatable bonds is 16. The highest BCUT2D eigenvalue weighted by Gasteiger charge is 2.35. The van der Waals surface area contributed by atoms with Crippen molar-refractivity contribution in [3.8, 4) is 5.75 Å². The minimum absolute atomic E-state index is 0.00106. The lowest BCUT2D eigenvalue weighted by atomic mass is 10.00. The van der Waals surface area contributed by atoms with Crippen LogP contribution in [-0.4, -0.2) is 108 Å². The number of benzene rings is 2. The third-order valence-electron chi connectivity index (χ3n) is 9.68. The highest BCUT2D eigenvalue weighted by molar-refractivity contribution is 7.46. The van der Waals surface area contributed by atoms with Gasteiger partial charge < -0.3 is 47.7 Å². The molecule has 3 aromatic rings. The van der Waals surface area contributed by atoms with Crippen LogP contribution >= 0.6 is 7.82 Å². The number of nitrogens with one attached hydrogen (secondary N) is 5. The Labute approximate surface area is 352 Å². The molecule has 22 heteroatoms. The van der Waals surface area contributed by atoms with E-state index in [2.05, 4.69) is 41.4 Å². The van der Waals surface area contributed by atoms with Crippen molar-refractivity contribution < 1.29 is 52.7 Å². The Morgan fingerprint density at radius 3 is 2.21 bits per heavy atom. The number of phosphoric ester groups is 1. The molecule has 61 heavy (non-hydrogen) atoms. The van der Waals surface area contributed by atoms with Crippen molar-refractivity contribution in [3.63, 3.8) is 0 Å². The van der Waals surface area contributed by atoms with Crippen LogP contribution < -0.4 is 42.6 Å². The molecule has 0 saturated heterocycles. The quantitative estimate of drug-likeness (QED) is 0.0743. The van der Waals surface area contributed by atoms with E-state index in [1.165, 1.54) is 35.9 Å². The molecule has 7 atom stereocenters. The maximum atomic E-state index is 13.9. The second kappa shape index (κ2) is 22.2. The summed E-state index contributed by atoms with van der Waals surface area (Å²) in [6.45, 7) is 5.27. The molecule has 0 aliphatic carbocycles. The van der Waals surface area contributed by atoms with E-state index in [1.54, 1.807) is 36.5 Å². The summed E-state index contributed by atoms with van der Waals surface area (Å²) >= 11 is 0. The Hall–Kier alpha value is -5.73. The Morgan fingerprint density at radius 1 is 0.918 bits per heavy atom. The van der Waals surface area contributed by atoms with Crippen molar-refractivity contribution in [2.45, 2.75) is 115 Å². The zero-order valence-electron chi connectivity index (χ0n) is 34.1. The number of carbonyl (C=O) groups is 6. The number of primary amides is 1. The van der Waals surface area contributed by atoms with E-state index in [-0.39, 0.29) is 43.8 Å². The fourth-order valence-corrected chi connectivity index (χ4v) is 6.94. The van der Waals surface area contributed by atoms with Crippen LogP contribution in [0, 0.1) is 5.92 Å². The van der Waals surface area contributed by atoms with Crippen LogP contribution in [0.4, 0.5) is 0 Å². The SMILES string of the molecule is CC(C)C[C@H](NC(=O)[C@@H](N)Cc1ccc(OP(=O)(O)O)cc1)C(=O)N[C@H]1CCCCn2cc(nn2)C[C@@H](C(=O)N[C@@H](Cc2ccccc2)C(N)=O)NC(=O)[C@H](C(C)O)NC1=O. The van der Waals surface area contributed by atoms with Gasteiger partial charge >= 0.3 is 7.82 Å². The number of nitrogens with two attached hydrogens (primary N) is 2. The van der Waals surface area contributed by atoms with Crippen molar-refractivity contribution in [2.24, 2.45) is 17.4 Å². The van der Waals surface area contributed by atoms with Gasteiger partial charge in [-0.2, -0.15) is 0 Å². The van der Waals surface area contributed by atoms with Gasteiger partial charge in [0.05, 0.1) is 17.8 Å². The molecule has 0 fully saturated rings. The van der Waals surface area contributed by atoms with Crippen molar-refractivity contribution in [2.75, 3.05) is 0 Å². The Bertz CT molecular complexity index is 2030. The molecule has 2 heterocycles. The second-order valence-corrected chi connectivity index (χ2v) is 16.6. The van der Waals surface area contributed by atoms with E-state index in [0.717, 1.165) is 5.56 Å². The zero-order chi connectivity index (χ0) is 44.9. The lowest BCUT2D eigenvalue weighted by Crippen LogP contribution is -2.61. The number of aryl methyl sites for hydroxylation is 1. The summed E-state index contributed by atoms with van der Waals surface area (Å²) in [5.41, 5.74) is 13.4. The number of nitrogens with zero attached hydrogens (tertiary/aromatic N) is 3. The molecule has 2 bridgehead atoms. The summed E-state index contributed by atoms with van der Waals surface area (Å²) in [6, 6.07) is 6.78. The number of phosphoric acid groups is 1. The van der Waals surface area contributed by atoms with Gasteiger partial charge in [0.1, 0.15) is 36.0 Å². The van der Waals surface area contributed by atoms with Crippen molar-refractivity contribution in [1.29, 1.82) is 0 Å². The average Bonchev–Trinajstić information content (AvgIpc) is 3.63. The topological polar surface area (TPSA) is 332 Å². The van der Waals surface area contributed by atoms with Crippen LogP contribution in [0.25, 0.3) is 0 Å². The minimum atomic E-state index is -4.77. The Kier molecular flexibility index (Phi) is 17.5. The summed E-state index contributed by atoms with van der Waals surface area (Å²) in [5.74, 6) is -4.93. The van der Waals surface area contributed by atoms with Crippen molar-refractivity contribution in [3.05, 3.63) is 77.6 Å². The van der Waals surface area contributed by atoms with E-state index >= 15 is 0 Å². The fourth-order valence-electron chi connectivity index (χ4n) is 6.54. The predicted octanol–water partition coefficient (Wildman–Crippen LogP) is -1.38. The first-order chi connectivity index (χ1) is 28.8. The van der Waals surface area contributed by atoms with Crippen LogP contribution in [0.1, 0.15) is 63.3 Å². The zero-order valence-corrected chi connectivity index (χ0v) is 35.0. The summed E-state index contributed by atoms with van der Waals surface area (Å²) < 4.78 is 17.2. The van der Waals surface area contributed by atoms with Crippen molar-refractivity contribution in [1.82, 2.24) is 41.6 Å². The first-order valence-corrected chi connectivity index (χ1v) is 21.3. The maximum absolute atomic E-state index is 13.9. The van der Waals surface area contributed by atoms with Gasteiger partial charge in [0.25, 0.3) is 0 Å². The maximum Gasteiger partial charge on any atom is 0.524 e. The van der Waals surface area contributed by atoms with Gasteiger partial charge in [-0.3, -0.25) is 43.2 Å². The van der Waals surface area contributed by atoms with E-state index in [4.69, 9.17) is 21.3 Å². The fraction of sp³-hybridized carbons (Fsp3) is 0.487. The molecule has 332 valence electrons. The first kappa shape index (κ1) is 47.9. The summed E-state index contributed by atoms with van der Waals surface area (Å²) in [5, 5.41) is 32.0. The molecule has 12 N–H and O–H groups in total. The lowest BCUT2D eigenvalue weighted by molar-refractivity contribution is -0.136. The third kappa shape index (κ3) is 15.7. The molecule has 1 aliphatic rings. The van der Waals surface area contributed by atoms with E-state index in [0.29, 0.717) is 30.6 Å². The molecule has 4 rings (SSSR count). The van der Waals surface area contributed by atoms with Crippen LogP contribution in [0.15, 0.2) is 60.8 Å². The average molecular weight is 871 g/mol. The molecule has 21 nitrogen and oxygen atoms in total. The molecule has 2 aromatic carbocycles. The summed E-state index contributed by atoms with van der Waals surface area (Å²) in [4.78, 5) is 99.0. The van der Waals surface area contributed by atoms with Gasteiger partial charge in [-0.15, -0.1) is 5.10 Å². The number of carbonyl (C=O) groups excluding carboxylic acids is 6. The Morgan fingerprint density at radius 2 is 1.59 bits per heavy atom. The standard InChI is InChI=1S/C39H55N10O11P/c1-22(2)17-31(44-35(52)28(40)18-25-12-14-27(15-13-25)60-61(57,58)59)37(54)42-29-11-7-8-16-49-21-26(47-48-49)20-32(45-39(56)33(23(3)50)46-36(29)53)38(55)43-30(34(41)51)19-24-9-5-4-6-10-24/h4-6,9-10,12-15,21-23,28-33,50H,7-8,11,16-20,40H2,1-3H3,(H2,41,51)(H,42,54)(H,43,55)(H,44,52)(H,45,56)(H,46,53)(H2,57,58,59)/t23?,28-,29-,30-,31-,32-,33-/m0/s1.